The van der Waals surface area contributed by atoms with Crippen LogP contribution in [0.25, 0.3) is 0 Å². The number of fused-ring (bicyclic) bond motifs is 1. The van der Waals surface area contributed by atoms with Crippen LogP contribution in [-0.4, -0.2) is 18.4 Å². The second-order valence-electron chi connectivity index (χ2n) is 4.89. The summed E-state index contributed by atoms with van der Waals surface area (Å²) < 4.78 is 16.6. The van der Waals surface area contributed by atoms with E-state index < -0.39 is 5.79 Å². The summed E-state index contributed by atoms with van der Waals surface area (Å²) in [5.41, 5.74) is 1.90. The van der Waals surface area contributed by atoms with E-state index in [0.29, 0.717) is 13.2 Å². The number of hydrogen-bond donors (Lipinski definition) is 1. The maximum Gasteiger partial charge on any atom is 0.407 e. The standard InChI is InChI=1S/C13H15NO4/c1-13(2)16-7-9-8(4-3-5-10(9)18-13)11-6-14-12(15)17-11/h3-5,11H,6-7H2,1-2H3,(H,14,15)/t11-/m0/s1. The molecule has 0 unspecified atom stereocenters. The van der Waals surface area contributed by atoms with Gasteiger partial charge in [0.2, 0.25) is 5.79 Å². The lowest BCUT2D eigenvalue weighted by Crippen LogP contribution is -2.35. The minimum Gasteiger partial charge on any atom is -0.463 e. The van der Waals surface area contributed by atoms with Crippen LogP contribution in [0.2, 0.25) is 0 Å². The number of alkyl carbamates (subject to hydrolysis) is 1. The third-order valence-corrected chi connectivity index (χ3v) is 3.12. The summed E-state index contributed by atoms with van der Waals surface area (Å²) in [5.74, 6) is 0.183. The molecule has 0 saturated carbocycles. The molecule has 0 aliphatic carbocycles. The molecule has 0 spiro atoms. The fraction of sp³-hybridized carbons (Fsp3) is 0.462. The molecule has 1 saturated heterocycles. The van der Waals surface area contributed by atoms with E-state index in [0.717, 1.165) is 16.9 Å². The Balaban J connectivity index is 1.95. The number of benzene rings is 1. The molecular formula is C13H15NO4. The molecule has 2 heterocycles. The van der Waals surface area contributed by atoms with Gasteiger partial charge >= 0.3 is 6.09 Å². The van der Waals surface area contributed by atoms with Gasteiger partial charge in [0, 0.05) is 25.0 Å². The van der Waals surface area contributed by atoms with E-state index in [1.54, 1.807) is 0 Å². The van der Waals surface area contributed by atoms with Gasteiger partial charge in [0.1, 0.15) is 11.9 Å². The van der Waals surface area contributed by atoms with Crippen molar-refractivity contribution in [1.82, 2.24) is 5.32 Å². The van der Waals surface area contributed by atoms with E-state index in [1.807, 2.05) is 32.0 Å². The quantitative estimate of drug-likeness (QED) is 0.828. The Labute approximate surface area is 105 Å². The fourth-order valence-corrected chi connectivity index (χ4v) is 2.24. The minimum absolute atomic E-state index is 0.263. The average Bonchev–Trinajstić information content (AvgIpc) is 2.73. The Bertz CT molecular complexity index is 498. The number of amides is 1. The van der Waals surface area contributed by atoms with Crippen LogP contribution in [0.4, 0.5) is 4.79 Å². The Kier molecular flexibility index (Phi) is 2.45. The molecule has 1 atom stereocenters. The van der Waals surface area contributed by atoms with Crippen molar-refractivity contribution in [2.45, 2.75) is 32.3 Å². The topological polar surface area (TPSA) is 56.8 Å². The van der Waals surface area contributed by atoms with E-state index in [2.05, 4.69) is 5.32 Å². The zero-order valence-electron chi connectivity index (χ0n) is 10.4. The number of ether oxygens (including phenoxy) is 3. The van der Waals surface area contributed by atoms with Crippen LogP contribution >= 0.6 is 0 Å². The molecule has 0 aromatic heterocycles. The summed E-state index contributed by atoms with van der Waals surface area (Å²) in [7, 11) is 0. The highest BCUT2D eigenvalue weighted by Crippen LogP contribution is 2.36. The maximum absolute atomic E-state index is 11.1. The van der Waals surface area contributed by atoms with Crippen molar-refractivity contribution in [2.24, 2.45) is 0 Å². The highest BCUT2D eigenvalue weighted by Gasteiger charge is 2.32. The summed E-state index contributed by atoms with van der Waals surface area (Å²) in [6, 6.07) is 5.75. The van der Waals surface area contributed by atoms with Crippen molar-refractivity contribution >= 4 is 6.09 Å². The molecule has 5 nitrogen and oxygen atoms in total. The van der Waals surface area contributed by atoms with Gasteiger partial charge in [-0.15, -0.1) is 0 Å². The molecule has 2 aliphatic rings. The number of nitrogens with one attached hydrogen (secondary N) is 1. The zero-order chi connectivity index (χ0) is 12.8. The molecule has 3 rings (SSSR count). The minimum atomic E-state index is -0.615. The van der Waals surface area contributed by atoms with Crippen molar-refractivity contribution in [1.29, 1.82) is 0 Å². The zero-order valence-corrected chi connectivity index (χ0v) is 10.4. The molecular weight excluding hydrogens is 234 g/mol. The number of carbonyl (C=O) groups excluding carboxylic acids is 1. The molecule has 1 amide bonds. The van der Waals surface area contributed by atoms with Crippen LogP contribution in [0.3, 0.4) is 0 Å². The van der Waals surface area contributed by atoms with Gasteiger partial charge < -0.3 is 19.5 Å². The number of cyclic esters (lactones) is 1. The Hall–Kier alpha value is -1.75. The maximum atomic E-state index is 11.1. The first-order valence-corrected chi connectivity index (χ1v) is 5.94. The molecule has 2 aliphatic heterocycles. The summed E-state index contributed by atoms with van der Waals surface area (Å²) in [6.45, 7) is 4.70. The first-order chi connectivity index (χ1) is 8.55. The number of hydrogen-bond acceptors (Lipinski definition) is 4. The molecule has 0 radical (unpaired) electrons. The monoisotopic (exact) mass is 249 g/mol. The number of rotatable bonds is 1. The smallest absolute Gasteiger partial charge is 0.407 e. The lowest BCUT2D eigenvalue weighted by Gasteiger charge is -2.33. The normalized spacial score (nSPS) is 24.8. The van der Waals surface area contributed by atoms with Gasteiger partial charge in [-0.1, -0.05) is 12.1 Å². The summed E-state index contributed by atoms with van der Waals surface area (Å²) in [6.07, 6.45) is -0.642. The molecule has 1 N–H and O–H groups in total. The van der Waals surface area contributed by atoms with Crippen LogP contribution in [-0.2, 0) is 16.1 Å². The third kappa shape index (κ3) is 1.90. The van der Waals surface area contributed by atoms with Crippen LogP contribution < -0.4 is 10.1 Å². The average molecular weight is 249 g/mol. The van der Waals surface area contributed by atoms with Crippen LogP contribution in [0, 0.1) is 0 Å². The van der Waals surface area contributed by atoms with Crippen molar-refractivity contribution in [3.8, 4) is 5.75 Å². The Morgan fingerprint density at radius 2 is 2.22 bits per heavy atom. The second-order valence-corrected chi connectivity index (χ2v) is 4.89. The van der Waals surface area contributed by atoms with E-state index >= 15 is 0 Å². The molecule has 0 bridgehead atoms. The van der Waals surface area contributed by atoms with Crippen molar-refractivity contribution < 1.29 is 19.0 Å². The third-order valence-electron chi connectivity index (χ3n) is 3.12. The Morgan fingerprint density at radius 3 is 2.94 bits per heavy atom. The van der Waals surface area contributed by atoms with E-state index in [9.17, 15) is 4.79 Å². The van der Waals surface area contributed by atoms with Crippen LogP contribution in [0.5, 0.6) is 5.75 Å². The SMILES string of the molecule is CC1(C)OCc2c(cccc2[C@@H]2CNC(=O)O2)O1. The Morgan fingerprint density at radius 1 is 1.39 bits per heavy atom. The van der Waals surface area contributed by atoms with Gasteiger partial charge in [0.25, 0.3) is 0 Å². The van der Waals surface area contributed by atoms with Gasteiger partial charge in [-0.3, -0.25) is 0 Å². The molecule has 96 valence electrons. The van der Waals surface area contributed by atoms with Gasteiger partial charge in [0.15, 0.2) is 0 Å². The second kappa shape index (κ2) is 3.88. The van der Waals surface area contributed by atoms with E-state index in [-0.39, 0.29) is 12.2 Å². The van der Waals surface area contributed by atoms with Crippen molar-refractivity contribution in [3.05, 3.63) is 29.3 Å². The number of carbonyl (C=O) groups is 1. The van der Waals surface area contributed by atoms with E-state index in [4.69, 9.17) is 14.2 Å². The first kappa shape index (κ1) is 11.3. The molecule has 18 heavy (non-hydrogen) atoms. The van der Waals surface area contributed by atoms with Gasteiger partial charge in [-0.05, 0) is 6.07 Å². The summed E-state index contributed by atoms with van der Waals surface area (Å²) in [5, 5.41) is 2.65. The predicted molar refractivity (Wildman–Crippen MR) is 63.2 cm³/mol. The predicted octanol–water partition coefficient (Wildman–Crippen LogP) is 2.11. The first-order valence-electron chi connectivity index (χ1n) is 5.94. The summed E-state index contributed by atoms with van der Waals surface area (Å²) >= 11 is 0. The van der Waals surface area contributed by atoms with Gasteiger partial charge in [-0.25, -0.2) is 4.79 Å². The van der Waals surface area contributed by atoms with Gasteiger partial charge in [-0.2, -0.15) is 0 Å². The lowest BCUT2D eigenvalue weighted by molar-refractivity contribution is -0.180. The van der Waals surface area contributed by atoms with Crippen molar-refractivity contribution in [3.63, 3.8) is 0 Å². The molecule has 1 aromatic carbocycles. The molecule has 1 aromatic rings. The fourth-order valence-electron chi connectivity index (χ4n) is 2.24. The van der Waals surface area contributed by atoms with Crippen LogP contribution in [0.15, 0.2) is 18.2 Å². The molecule has 1 fully saturated rings. The van der Waals surface area contributed by atoms with Crippen LogP contribution in [0.1, 0.15) is 31.1 Å². The van der Waals surface area contributed by atoms with E-state index in [1.165, 1.54) is 0 Å². The highest BCUT2D eigenvalue weighted by atomic mass is 16.7. The lowest BCUT2D eigenvalue weighted by atomic mass is 10.0. The highest BCUT2D eigenvalue weighted by molar-refractivity contribution is 5.70. The summed E-state index contributed by atoms with van der Waals surface area (Å²) in [4.78, 5) is 11.1. The van der Waals surface area contributed by atoms with Gasteiger partial charge in [0.05, 0.1) is 13.2 Å². The van der Waals surface area contributed by atoms with Crippen molar-refractivity contribution in [2.75, 3.05) is 6.54 Å². The molecule has 5 heteroatoms. The largest absolute Gasteiger partial charge is 0.463 e.